The molecule has 4 rings (SSSR count). The van der Waals surface area contributed by atoms with Gasteiger partial charge in [-0.1, -0.05) is 18.2 Å². The summed E-state index contributed by atoms with van der Waals surface area (Å²) in [6.07, 6.45) is 6.32. The molecule has 4 nitrogen and oxygen atoms in total. The molecule has 0 saturated heterocycles. The van der Waals surface area contributed by atoms with Gasteiger partial charge in [0.2, 0.25) is 0 Å². The molecule has 1 saturated carbocycles. The van der Waals surface area contributed by atoms with Crippen molar-refractivity contribution in [1.82, 2.24) is 10.3 Å². The van der Waals surface area contributed by atoms with Gasteiger partial charge in [0.25, 0.3) is 0 Å². The molecule has 3 aromatic rings. The summed E-state index contributed by atoms with van der Waals surface area (Å²) in [6, 6.07) is 10.7. The summed E-state index contributed by atoms with van der Waals surface area (Å²) in [5.74, 6) is 2.23. The molecule has 0 spiro atoms. The second-order valence-corrected chi connectivity index (χ2v) is 5.60. The minimum Gasteiger partial charge on any atom is -0.453 e. The molecule has 108 valence electrons. The number of oxazole rings is 1. The molecular weight excluding hydrogens is 264 g/mol. The van der Waals surface area contributed by atoms with Crippen LogP contribution in [0.2, 0.25) is 0 Å². The Hall–Kier alpha value is -2.07. The van der Waals surface area contributed by atoms with Gasteiger partial charge in [-0.3, -0.25) is 0 Å². The summed E-state index contributed by atoms with van der Waals surface area (Å²) in [4.78, 5) is 4.34. The first kappa shape index (κ1) is 12.7. The number of rotatable bonds is 6. The first-order valence-electron chi connectivity index (χ1n) is 7.55. The Bertz CT molecular complexity index is 707. The average molecular weight is 282 g/mol. The molecule has 0 unspecified atom stereocenters. The van der Waals surface area contributed by atoms with E-state index in [0.29, 0.717) is 5.76 Å². The number of hydrogen-bond donors (Lipinski definition) is 1. The van der Waals surface area contributed by atoms with E-state index in [-0.39, 0.29) is 0 Å². The summed E-state index contributed by atoms with van der Waals surface area (Å²) < 4.78 is 11.6. The number of aryl methyl sites for hydroxylation is 1. The van der Waals surface area contributed by atoms with Gasteiger partial charge in [0.15, 0.2) is 17.4 Å². The van der Waals surface area contributed by atoms with E-state index in [1.165, 1.54) is 12.8 Å². The Morgan fingerprint density at radius 3 is 2.90 bits per heavy atom. The molecule has 0 aliphatic heterocycles. The van der Waals surface area contributed by atoms with Gasteiger partial charge in [-0.15, -0.1) is 0 Å². The number of nitrogens with one attached hydrogen (secondary N) is 1. The number of furan rings is 1. The monoisotopic (exact) mass is 282 g/mol. The fourth-order valence-corrected chi connectivity index (χ4v) is 2.48. The highest BCUT2D eigenvalue weighted by Gasteiger charge is 2.19. The number of nitrogens with zero attached hydrogens (tertiary/aromatic N) is 1. The predicted molar refractivity (Wildman–Crippen MR) is 81.1 cm³/mol. The maximum Gasteiger partial charge on any atom is 0.195 e. The Morgan fingerprint density at radius 2 is 2.05 bits per heavy atom. The van der Waals surface area contributed by atoms with Gasteiger partial charge in [-0.05, 0) is 37.9 Å². The van der Waals surface area contributed by atoms with Gasteiger partial charge in [0.1, 0.15) is 5.58 Å². The highest BCUT2D eigenvalue weighted by atomic mass is 16.4. The quantitative estimate of drug-likeness (QED) is 0.699. The van der Waals surface area contributed by atoms with E-state index in [9.17, 15) is 0 Å². The van der Waals surface area contributed by atoms with Crippen LogP contribution in [0.15, 0.2) is 45.4 Å². The number of aromatic nitrogens is 1. The predicted octanol–water partition coefficient (Wildman–Crippen LogP) is 3.77. The van der Waals surface area contributed by atoms with Crippen LogP contribution in [-0.2, 0) is 6.42 Å². The SMILES string of the molecule is c1ccc2oc(-c3cnc(CCCNC4CC4)o3)cc2c1. The molecule has 2 heterocycles. The van der Waals surface area contributed by atoms with Gasteiger partial charge in [-0.2, -0.15) is 0 Å². The molecule has 2 aromatic heterocycles. The average Bonchev–Trinajstić information content (AvgIpc) is 3.04. The summed E-state index contributed by atoms with van der Waals surface area (Å²) in [7, 11) is 0. The van der Waals surface area contributed by atoms with E-state index in [1.54, 1.807) is 6.20 Å². The zero-order valence-corrected chi connectivity index (χ0v) is 11.8. The van der Waals surface area contributed by atoms with Crippen LogP contribution in [0.5, 0.6) is 0 Å². The molecule has 1 aromatic carbocycles. The minimum absolute atomic E-state index is 0.705. The standard InChI is InChI=1S/C17H18N2O2/c1-2-5-14-12(4-1)10-15(20-14)16-11-19-17(21-16)6-3-9-18-13-7-8-13/h1-2,4-5,10-11,13,18H,3,6-9H2. The van der Waals surface area contributed by atoms with Crippen molar-refractivity contribution in [1.29, 1.82) is 0 Å². The summed E-state index contributed by atoms with van der Waals surface area (Å²) in [5, 5.41) is 4.58. The van der Waals surface area contributed by atoms with Crippen molar-refractivity contribution in [2.45, 2.75) is 31.7 Å². The first-order valence-corrected chi connectivity index (χ1v) is 7.55. The lowest BCUT2D eigenvalue weighted by atomic mass is 10.2. The molecule has 1 aliphatic rings. The lowest BCUT2D eigenvalue weighted by Crippen LogP contribution is -2.17. The smallest absolute Gasteiger partial charge is 0.195 e. The molecule has 1 fully saturated rings. The van der Waals surface area contributed by atoms with Crippen LogP contribution in [0.4, 0.5) is 0 Å². The third-order valence-electron chi connectivity index (χ3n) is 3.80. The Labute approximate surface area is 123 Å². The molecule has 0 bridgehead atoms. The van der Waals surface area contributed by atoms with E-state index >= 15 is 0 Å². The van der Waals surface area contributed by atoms with Crippen molar-refractivity contribution < 1.29 is 8.83 Å². The van der Waals surface area contributed by atoms with Crippen molar-refractivity contribution in [3.63, 3.8) is 0 Å². The normalized spacial score (nSPS) is 14.9. The van der Waals surface area contributed by atoms with E-state index in [1.807, 2.05) is 30.3 Å². The topological polar surface area (TPSA) is 51.2 Å². The van der Waals surface area contributed by atoms with Gasteiger partial charge in [0, 0.05) is 17.8 Å². The summed E-state index contributed by atoms with van der Waals surface area (Å²) in [6.45, 7) is 1.03. The van der Waals surface area contributed by atoms with Crippen LogP contribution in [0.3, 0.4) is 0 Å². The lowest BCUT2D eigenvalue weighted by Gasteiger charge is -1.99. The first-order chi connectivity index (χ1) is 10.4. The maximum absolute atomic E-state index is 5.79. The molecule has 1 aliphatic carbocycles. The molecular formula is C17H18N2O2. The summed E-state index contributed by atoms with van der Waals surface area (Å²) >= 11 is 0. The van der Waals surface area contributed by atoms with Crippen LogP contribution < -0.4 is 5.32 Å². The zero-order valence-electron chi connectivity index (χ0n) is 11.8. The second-order valence-electron chi connectivity index (χ2n) is 5.60. The molecule has 0 amide bonds. The molecule has 0 radical (unpaired) electrons. The third-order valence-corrected chi connectivity index (χ3v) is 3.80. The Balaban J connectivity index is 1.42. The fraction of sp³-hybridized carbons (Fsp3) is 0.353. The van der Waals surface area contributed by atoms with E-state index in [0.717, 1.165) is 48.0 Å². The van der Waals surface area contributed by atoms with Gasteiger partial charge < -0.3 is 14.2 Å². The maximum atomic E-state index is 5.79. The highest BCUT2D eigenvalue weighted by Crippen LogP contribution is 2.28. The van der Waals surface area contributed by atoms with Crippen molar-refractivity contribution in [2.24, 2.45) is 0 Å². The summed E-state index contributed by atoms with van der Waals surface area (Å²) in [5.41, 5.74) is 0.874. The lowest BCUT2D eigenvalue weighted by molar-refractivity contribution is 0.477. The van der Waals surface area contributed by atoms with Crippen LogP contribution >= 0.6 is 0 Å². The Morgan fingerprint density at radius 1 is 1.14 bits per heavy atom. The number of hydrogen-bond acceptors (Lipinski definition) is 4. The van der Waals surface area contributed by atoms with Crippen LogP contribution in [0.1, 0.15) is 25.2 Å². The largest absolute Gasteiger partial charge is 0.453 e. The van der Waals surface area contributed by atoms with Crippen LogP contribution in [-0.4, -0.2) is 17.6 Å². The van der Waals surface area contributed by atoms with Crippen molar-refractivity contribution in [2.75, 3.05) is 6.54 Å². The van der Waals surface area contributed by atoms with Crippen molar-refractivity contribution >= 4 is 11.0 Å². The third kappa shape index (κ3) is 2.85. The Kier molecular flexibility index (Phi) is 3.24. The van der Waals surface area contributed by atoms with Gasteiger partial charge in [0.05, 0.1) is 6.20 Å². The molecule has 1 N–H and O–H groups in total. The molecule has 21 heavy (non-hydrogen) atoms. The van der Waals surface area contributed by atoms with E-state index in [2.05, 4.69) is 10.3 Å². The number of benzene rings is 1. The number of fused-ring (bicyclic) bond motifs is 1. The van der Waals surface area contributed by atoms with Crippen LogP contribution in [0.25, 0.3) is 22.5 Å². The van der Waals surface area contributed by atoms with E-state index in [4.69, 9.17) is 8.83 Å². The van der Waals surface area contributed by atoms with Crippen molar-refractivity contribution in [3.05, 3.63) is 42.4 Å². The molecule has 4 heteroatoms. The van der Waals surface area contributed by atoms with Crippen LogP contribution in [0, 0.1) is 0 Å². The molecule has 0 atom stereocenters. The fourth-order valence-electron chi connectivity index (χ4n) is 2.48. The highest BCUT2D eigenvalue weighted by molar-refractivity contribution is 5.81. The van der Waals surface area contributed by atoms with Crippen molar-refractivity contribution in [3.8, 4) is 11.5 Å². The van der Waals surface area contributed by atoms with Gasteiger partial charge >= 0.3 is 0 Å². The van der Waals surface area contributed by atoms with E-state index < -0.39 is 0 Å². The zero-order chi connectivity index (χ0) is 14.1. The van der Waals surface area contributed by atoms with Gasteiger partial charge in [-0.25, -0.2) is 4.98 Å². The number of para-hydroxylation sites is 1. The second kappa shape index (κ2) is 5.37. The minimum atomic E-state index is 0.705.